The Morgan fingerprint density at radius 2 is 2.05 bits per heavy atom. The molecule has 0 bridgehead atoms. The highest BCUT2D eigenvalue weighted by molar-refractivity contribution is 9.10. The Balaban J connectivity index is 1.74. The number of nitrogens with one attached hydrogen (secondary N) is 1. The Hall–Kier alpha value is -0.910. The van der Waals surface area contributed by atoms with Gasteiger partial charge < -0.3 is 15.8 Å². The van der Waals surface area contributed by atoms with Crippen molar-refractivity contribution in [1.29, 1.82) is 0 Å². The molecule has 0 heterocycles. The number of halogens is 1. The highest BCUT2D eigenvalue weighted by Crippen LogP contribution is 2.27. The Morgan fingerprint density at radius 1 is 1.37 bits per heavy atom. The molecule has 0 atom stereocenters. The standard InChI is InChI=1S/C14H19BrN2O2/c15-11-5-1-2-6-12(11)17-13(18)9-19-10-14(16)7-3-4-8-14/h1-2,5-6H,3-4,7-10,16H2,(H,17,18). The van der Waals surface area contributed by atoms with Gasteiger partial charge in [-0.25, -0.2) is 0 Å². The molecule has 2 rings (SSSR count). The maximum absolute atomic E-state index is 11.7. The van der Waals surface area contributed by atoms with Gasteiger partial charge in [-0.05, 0) is 40.9 Å². The van der Waals surface area contributed by atoms with E-state index in [9.17, 15) is 4.79 Å². The van der Waals surface area contributed by atoms with Crippen LogP contribution in [-0.2, 0) is 9.53 Å². The van der Waals surface area contributed by atoms with Gasteiger partial charge in [0.1, 0.15) is 6.61 Å². The zero-order chi connectivity index (χ0) is 13.7. The zero-order valence-electron chi connectivity index (χ0n) is 10.8. The second kappa shape index (κ2) is 6.50. The van der Waals surface area contributed by atoms with Crippen LogP contribution in [0.25, 0.3) is 0 Å². The first-order valence-electron chi connectivity index (χ1n) is 6.50. The largest absolute Gasteiger partial charge is 0.370 e. The normalized spacial score (nSPS) is 17.4. The second-order valence-corrected chi connectivity index (χ2v) is 5.94. The quantitative estimate of drug-likeness (QED) is 0.874. The SMILES string of the molecule is NC1(COCC(=O)Nc2ccccc2Br)CCCC1. The molecular weight excluding hydrogens is 308 g/mol. The molecule has 1 aromatic carbocycles. The van der Waals surface area contributed by atoms with E-state index in [0.29, 0.717) is 6.61 Å². The Kier molecular flexibility index (Phi) is 4.96. The van der Waals surface area contributed by atoms with Crippen molar-refractivity contribution in [2.75, 3.05) is 18.5 Å². The number of ether oxygens (including phenoxy) is 1. The Morgan fingerprint density at radius 3 is 2.74 bits per heavy atom. The average Bonchev–Trinajstić information content (AvgIpc) is 2.79. The predicted octanol–water partition coefficient (Wildman–Crippen LogP) is 2.68. The van der Waals surface area contributed by atoms with Gasteiger partial charge in [-0.2, -0.15) is 0 Å². The molecule has 4 nitrogen and oxygen atoms in total. The van der Waals surface area contributed by atoms with E-state index in [2.05, 4.69) is 21.2 Å². The molecule has 0 aliphatic heterocycles. The Labute approximate surface area is 121 Å². The molecule has 0 unspecified atom stereocenters. The van der Waals surface area contributed by atoms with Gasteiger partial charge in [-0.3, -0.25) is 4.79 Å². The highest BCUT2D eigenvalue weighted by atomic mass is 79.9. The van der Waals surface area contributed by atoms with Crippen LogP contribution in [0.1, 0.15) is 25.7 Å². The van der Waals surface area contributed by atoms with Gasteiger partial charge in [0.15, 0.2) is 0 Å². The maximum Gasteiger partial charge on any atom is 0.250 e. The summed E-state index contributed by atoms with van der Waals surface area (Å²) in [4.78, 5) is 11.7. The van der Waals surface area contributed by atoms with Crippen molar-refractivity contribution >= 4 is 27.5 Å². The minimum absolute atomic E-state index is 0.0419. The van der Waals surface area contributed by atoms with Crippen molar-refractivity contribution in [2.45, 2.75) is 31.2 Å². The topological polar surface area (TPSA) is 64.3 Å². The molecule has 5 heteroatoms. The van der Waals surface area contributed by atoms with Crippen LogP contribution in [-0.4, -0.2) is 24.7 Å². The third-order valence-corrected chi connectivity index (χ3v) is 4.06. The summed E-state index contributed by atoms with van der Waals surface area (Å²) in [6.45, 7) is 0.497. The van der Waals surface area contributed by atoms with Crippen LogP contribution in [0.5, 0.6) is 0 Å². The zero-order valence-corrected chi connectivity index (χ0v) is 12.4. The number of carbonyl (C=O) groups excluding carboxylic acids is 1. The van der Waals surface area contributed by atoms with Crippen molar-refractivity contribution < 1.29 is 9.53 Å². The third kappa shape index (κ3) is 4.30. The van der Waals surface area contributed by atoms with Gasteiger partial charge in [0.25, 0.3) is 0 Å². The maximum atomic E-state index is 11.7. The first-order chi connectivity index (χ1) is 9.09. The summed E-state index contributed by atoms with van der Waals surface area (Å²) in [7, 11) is 0. The summed E-state index contributed by atoms with van der Waals surface area (Å²) in [5.41, 5.74) is 6.68. The molecule has 1 aromatic rings. The molecule has 3 N–H and O–H groups in total. The van der Waals surface area contributed by atoms with Gasteiger partial charge in [-0.1, -0.05) is 25.0 Å². The van der Waals surface area contributed by atoms with Gasteiger partial charge in [-0.15, -0.1) is 0 Å². The molecule has 0 saturated heterocycles. The summed E-state index contributed by atoms with van der Waals surface area (Å²) in [5, 5.41) is 2.80. The molecule has 104 valence electrons. The van der Waals surface area contributed by atoms with E-state index in [1.807, 2.05) is 24.3 Å². The fourth-order valence-corrected chi connectivity index (χ4v) is 2.70. The lowest BCUT2D eigenvalue weighted by molar-refractivity contribution is -0.121. The van der Waals surface area contributed by atoms with E-state index in [1.165, 1.54) is 0 Å². The van der Waals surface area contributed by atoms with E-state index in [-0.39, 0.29) is 18.1 Å². The lowest BCUT2D eigenvalue weighted by Gasteiger charge is -2.22. The lowest BCUT2D eigenvalue weighted by Crippen LogP contribution is -2.42. The molecule has 0 radical (unpaired) electrons. The first-order valence-corrected chi connectivity index (χ1v) is 7.29. The van der Waals surface area contributed by atoms with Crippen molar-refractivity contribution in [3.63, 3.8) is 0 Å². The van der Waals surface area contributed by atoms with Crippen LogP contribution < -0.4 is 11.1 Å². The number of hydrogen-bond acceptors (Lipinski definition) is 3. The number of para-hydroxylation sites is 1. The molecule has 19 heavy (non-hydrogen) atoms. The minimum Gasteiger partial charge on any atom is -0.370 e. The van der Waals surface area contributed by atoms with Crippen molar-refractivity contribution in [2.24, 2.45) is 5.73 Å². The van der Waals surface area contributed by atoms with Gasteiger partial charge in [0.05, 0.1) is 12.3 Å². The lowest BCUT2D eigenvalue weighted by atomic mass is 10.0. The van der Waals surface area contributed by atoms with E-state index in [4.69, 9.17) is 10.5 Å². The number of benzene rings is 1. The summed E-state index contributed by atoms with van der Waals surface area (Å²) >= 11 is 3.38. The van der Waals surface area contributed by atoms with Gasteiger partial charge in [0.2, 0.25) is 5.91 Å². The van der Waals surface area contributed by atoms with Crippen LogP contribution in [0.2, 0.25) is 0 Å². The minimum atomic E-state index is -0.229. The van der Waals surface area contributed by atoms with Crippen LogP contribution in [0.15, 0.2) is 28.7 Å². The number of rotatable bonds is 5. The third-order valence-electron chi connectivity index (χ3n) is 3.37. The monoisotopic (exact) mass is 326 g/mol. The van der Waals surface area contributed by atoms with E-state index in [0.717, 1.165) is 35.8 Å². The number of nitrogens with two attached hydrogens (primary N) is 1. The number of anilines is 1. The van der Waals surface area contributed by atoms with Crippen molar-refractivity contribution in [3.05, 3.63) is 28.7 Å². The molecule has 1 fully saturated rings. The predicted molar refractivity (Wildman–Crippen MR) is 79.0 cm³/mol. The van der Waals surface area contributed by atoms with Gasteiger partial charge >= 0.3 is 0 Å². The number of amides is 1. The molecule has 1 saturated carbocycles. The van der Waals surface area contributed by atoms with Crippen molar-refractivity contribution in [3.8, 4) is 0 Å². The Bertz CT molecular complexity index is 445. The van der Waals surface area contributed by atoms with E-state index < -0.39 is 0 Å². The molecular formula is C14H19BrN2O2. The molecule has 1 amide bonds. The van der Waals surface area contributed by atoms with E-state index >= 15 is 0 Å². The van der Waals surface area contributed by atoms with Crippen LogP contribution >= 0.6 is 15.9 Å². The fourth-order valence-electron chi connectivity index (χ4n) is 2.32. The summed E-state index contributed by atoms with van der Waals surface area (Å²) < 4.78 is 6.30. The van der Waals surface area contributed by atoms with Crippen LogP contribution in [0, 0.1) is 0 Å². The second-order valence-electron chi connectivity index (χ2n) is 5.09. The number of carbonyl (C=O) groups is 1. The van der Waals surface area contributed by atoms with Crippen LogP contribution in [0.4, 0.5) is 5.69 Å². The molecule has 1 aliphatic rings. The summed E-state index contributed by atoms with van der Waals surface area (Å²) in [5.74, 6) is -0.159. The first kappa shape index (κ1) is 14.5. The van der Waals surface area contributed by atoms with Crippen molar-refractivity contribution in [1.82, 2.24) is 0 Å². The van der Waals surface area contributed by atoms with Gasteiger partial charge in [0, 0.05) is 10.0 Å². The molecule has 0 aromatic heterocycles. The number of hydrogen-bond donors (Lipinski definition) is 2. The molecule has 1 aliphatic carbocycles. The molecule has 0 spiro atoms. The average molecular weight is 327 g/mol. The van der Waals surface area contributed by atoms with E-state index in [1.54, 1.807) is 0 Å². The summed E-state index contributed by atoms with van der Waals surface area (Å²) in [6.07, 6.45) is 4.28. The van der Waals surface area contributed by atoms with Crippen LogP contribution in [0.3, 0.4) is 0 Å². The summed E-state index contributed by atoms with van der Waals surface area (Å²) in [6, 6.07) is 7.48. The fraction of sp³-hybridized carbons (Fsp3) is 0.500. The smallest absolute Gasteiger partial charge is 0.250 e. The highest BCUT2D eigenvalue weighted by Gasteiger charge is 2.29.